The van der Waals surface area contributed by atoms with Gasteiger partial charge in [-0.2, -0.15) is 0 Å². The van der Waals surface area contributed by atoms with Gasteiger partial charge >= 0.3 is 0 Å². The Morgan fingerprint density at radius 3 is 2.61 bits per heavy atom. The van der Waals surface area contributed by atoms with Crippen molar-refractivity contribution in [1.82, 2.24) is 30.2 Å². The molecule has 1 saturated heterocycles. The summed E-state index contributed by atoms with van der Waals surface area (Å²) in [5.74, 6) is 0.241. The summed E-state index contributed by atoms with van der Waals surface area (Å²) < 4.78 is 30.4. The lowest BCUT2D eigenvalue weighted by Crippen LogP contribution is -2.42. The lowest BCUT2D eigenvalue weighted by Gasteiger charge is -2.28. The molecule has 41 heavy (non-hydrogen) atoms. The third kappa shape index (κ3) is 7.69. The van der Waals surface area contributed by atoms with Gasteiger partial charge in [0.2, 0.25) is 11.9 Å². The number of H-pyrrole nitrogens is 1. The van der Waals surface area contributed by atoms with Gasteiger partial charge in [0, 0.05) is 51.0 Å². The van der Waals surface area contributed by atoms with E-state index >= 15 is 0 Å². The summed E-state index contributed by atoms with van der Waals surface area (Å²) in [4.78, 5) is 33.6. The zero-order valence-corrected chi connectivity index (χ0v) is 22.7. The first-order chi connectivity index (χ1) is 20.1. The van der Waals surface area contributed by atoms with Crippen LogP contribution < -0.4 is 10.6 Å². The number of halogens is 1. The molecule has 0 atom stereocenters. The van der Waals surface area contributed by atoms with Crippen molar-refractivity contribution in [3.63, 3.8) is 0 Å². The van der Waals surface area contributed by atoms with Crippen LogP contribution in [-0.4, -0.2) is 70.6 Å². The summed E-state index contributed by atoms with van der Waals surface area (Å²) in [6.45, 7) is 2.16. The van der Waals surface area contributed by atoms with Crippen LogP contribution in [0.1, 0.15) is 17.8 Å². The van der Waals surface area contributed by atoms with E-state index < -0.39 is 6.29 Å². The number of rotatable bonds is 12. The van der Waals surface area contributed by atoms with Gasteiger partial charge in [-0.1, -0.05) is 0 Å². The largest absolute Gasteiger partial charge is 0.385 e. The quantitative estimate of drug-likeness (QED) is 0.222. The first kappa shape index (κ1) is 28.3. The minimum Gasteiger partial charge on any atom is -0.385 e. The molecule has 1 aliphatic rings. The van der Waals surface area contributed by atoms with Gasteiger partial charge in [0.15, 0.2) is 6.29 Å². The highest BCUT2D eigenvalue weighted by Gasteiger charge is 2.29. The van der Waals surface area contributed by atoms with E-state index in [1.165, 1.54) is 12.1 Å². The number of imidazole rings is 1. The first-order valence-corrected chi connectivity index (χ1v) is 13.4. The lowest BCUT2D eigenvalue weighted by atomic mass is 10.1. The van der Waals surface area contributed by atoms with Crippen LogP contribution in [0.15, 0.2) is 61.1 Å². The molecule has 3 aromatic heterocycles. The Labute approximate surface area is 236 Å². The molecular weight excluding hydrogens is 529 g/mol. The number of pyridine rings is 1. The molecule has 0 spiro atoms. The second-order valence-corrected chi connectivity index (χ2v) is 9.52. The van der Waals surface area contributed by atoms with Crippen molar-refractivity contribution in [2.45, 2.75) is 25.7 Å². The molecule has 1 aliphatic heterocycles. The molecule has 1 aromatic carbocycles. The van der Waals surface area contributed by atoms with Gasteiger partial charge < -0.3 is 29.8 Å². The smallest absolute Gasteiger partial charge is 0.227 e. The van der Waals surface area contributed by atoms with Gasteiger partial charge in [-0.15, -0.1) is 0 Å². The second kappa shape index (κ2) is 13.9. The van der Waals surface area contributed by atoms with Crippen molar-refractivity contribution in [3.05, 3.63) is 78.3 Å². The fourth-order valence-corrected chi connectivity index (χ4v) is 4.33. The Bertz CT molecular complexity index is 1410. The average Bonchev–Trinajstić information content (AvgIpc) is 3.43. The average molecular weight is 562 g/mol. The number of nitrogens with one attached hydrogen (secondary N) is 3. The molecule has 11 nitrogen and oxygen atoms in total. The molecule has 12 heteroatoms. The molecule has 0 unspecified atom stereocenters. The predicted molar refractivity (Wildman–Crippen MR) is 149 cm³/mol. The second-order valence-electron chi connectivity index (χ2n) is 9.52. The summed E-state index contributed by atoms with van der Waals surface area (Å²) in [6, 6.07) is 11.7. The molecule has 4 heterocycles. The SMILES string of the molecule is COCCCNC(=O)C1COC(Cc2nc(-c3ccc(F)cc3)c(-c3ccnc(NCc4ccncc4)n3)[nH]2)OC1. The van der Waals surface area contributed by atoms with Crippen LogP contribution in [-0.2, 0) is 32.0 Å². The number of amides is 1. The molecule has 0 radical (unpaired) electrons. The zero-order chi connectivity index (χ0) is 28.4. The van der Waals surface area contributed by atoms with E-state index in [-0.39, 0.29) is 30.9 Å². The maximum absolute atomic E-state index is 13.7. The highest BCUT2D eigenvalue weighted by atomic mass is 19.1. The molecule has 1 fully saturated rings. The van der Waals surface area contributed by atoms with Gasteiger partial charge in [-0.05, 0) is 54.4 Å². The number of anilines is 1. The molecular formula is C29H32FN7O4. The fraction of sp³-hybridized carbons (Fsp3) is 0.345. The number of ether oxygens (including phenoxy) is 3. The number of methoxy groups -OCH3 is 1. The Morgan fingerprint density at radius 2 is 1.85 bits per heavy atom. The Balaban J connectivity index is 1.29. The number of aromatic amines is 1. The molecule has 0 aliphatic carbocycles. The number of carbonyl (C=O) groups excluding carboxylic acids is 1. The highest BCUT2D eigenvalue weighted by molar-refractivity contribution is 5.79. The van der Waals surface area contributed by atoms with Crippen LogP contribution >= 0.6 is 0 Å². The van der Waals surface area contributed by atoms with Crippen LogP contribution in [0, 0.1) is 11.7 Å². The van der Waals surface area contributed by atoms with Crippen LogP contribution in [0.25, 0.3) is 22.6 Å². The van der Waals surface area contributed by atoms with Gasteiger partial charge in [-0.25, -0.2) is 19.3 Å². The Kier molecular flexibility index (Phi) is 9.57. The summed E-state index contributed by atoms with van der Waals surface area (Å²) in [5, 5.41) is 6.11. The number of carbonyl (C=O) groups is 1. The van der Waals surface area contributed by atoms with Crippen molar-refractivity contribution in [3.8, 4) is 22.6 Å². The van der Waals surface area contributed by atoms with Gasteiger partial charge in [0.25, 0.3) is 0 Å². The number of hydrogen-bond donors (Lipinski definition) is 3. The third-order valence-electron chi connectivity index (χ3n) is 6.50. The van der Waals surface area contributed by atoms with Gasteiger partial charge in [-0.3, -0.25) is 9.78 Å². The maximum Gasteiger partial charge on any atom is 0.227 e. The molecule has 0 saturated carbocycles. The van der Waals surface area contributed by atoms with Crippen LogP contribution in [0.3, 0.4) is 0 Å². The van der Waals surface area contributed by atoms with Gasteiger partial charge in [0.1, 0.15) is 11.6 Å². The topological polar surface area (TPSA) is 136 Å². The van der Waals surface area contributed by atoms with E-state index in [0.29, 0.717) is 55.0 Å². The Hall–Kier alpha value is -4.26. The van der Waals surface area contributed by atoms with E-state index in [9.17, 15) is 9.18 Å². The first-order valence-electron chi connectivity index (χ1n) is 13.4. The number of benzene rings is 1. The standard InChI is InChI=1S/C29H32FN7O4/c1-39-14-2-10-32-28(38)21-17-40-25(41-18-21)15-24-36-26(20-3-5-22(30)6-4-20)27(37-24)23-9-13-33-29(35-23)34-16-19-7-11-31-12-8-19/h3-9,11-13,21,25H,2,10,14-18H2,1H3,(H,32,38)(H,36,37)(H,33,34,35). The fourth-order valence-electron chi connectivity index (χ4n) is 4.33. The number of hydrogen-bond acceptors (Lipinski definition) is 9. The zero-order valence-electron chi connectivity index (χ0n) is 22.7. The van der Waals surface area contributed by atoms with Gasteiger partial charge in [0.05, 0.1) is 42.6 Å². The lowest BCUT2D eigenvalue weighted by molar-refractivity contribution is -0.200. The molecule has 5 rings (SSSR count). The minimum absolute atomic E-state index is 0.101. The van der Waals surface area contributed by atoms with E-state index in [1.807, 2.05) is 12.1 Å². The van der Waals surface area contributed by atoms with Crippen molar-refractivity contribution < 1.29 is 23.4 Å². The van der Waals surface area contributed by atoms with Crippen molar-refractivity contribution in [2.75, 3.05) is 38.8 Å². The van der Waals surface area contributed by atoms with Crippen LogP contribution in [0.5, 0.6) is 0 Å². The molecule has 214 valence electrons. The van der Waals surface area contributed by atoms with Crippen molar-refractivity contribution >= 4 is 11.9 Å². The summed E-state index contributed by atoms with van der Waals surface area (Å²) in [5.41, 5.74) is 3.66. The monoisotopic (exact) mass is 561 g/mol. The highest BCUT2D eigenvalue weighted by Crippen LogP contribution is 2.30. The number of nitrogens with zero attached hydrogens (tertiary/aromatic N) is 4. The van der Waals surface area contributed by atoms with E-state index in [0.717, 1.165) is 17.5 Å². The van der Waals surface area contributed by atoms with Crippen molar-refractivity contribution in [2.24, 2.45) is 5.92 Å². The summed E-state index contributed by atoms with van der Waals surface area (Å²) in [7, 11) is 1.63. The van der Waals surface area contributed by atoms with Crippen LogP contribution in [0.2, 0.25) is 0 Å². The summed E-state index contributed by atoms with van der Waals surface area (Å²) in [6.07, 6.45) is 5.62. The maximum atomic E-state index is 13.7. The van der Waals surface area contributed by atoms with E-state index in [4.69, 9.17) is 19.2 Å². The third-order valence-corrected chi connectivity index (χ3v) is 6.50. The van der Waals surface area contributed by atoms with Crippen molar-refractivity contribution in [1.29, 1.82) is 0 Å². The minimum atomic E-state index is -0.574. The molecule has 0 bridgehead atoms. The van der Waals surface area contributed by atoms with E-state index in [2.05, 4.69) is 30.6 Å². The molecule has 4 aromatic rings. The van der Waals surface area contributed by atoms with Crippen LogP contribution in [0.4, 0.5) is 10.3 Å². The molecule has 1 amide bonds. The Morgan fingerprint density at radius 1 is 1.07 bits per heavy atom. The summed E-state index contributed by atoms with van der Waals surface area (Å²) >= 11 is 0. The van der Waals surface area contributed by atoms with E-state index in [1.54, 1.807) is 43.9 Å². The molecule has 3 N–H and O–H groups in total. The normalized spacial score (nSPS) is 16.8. The predicted octanol–water partition coefficient (Wildman–Crippen LogP) is 3.36. The number of aromatic nitrogens is 5.